The van der Waals surface area contributed by atoms with E-state index in [4.69, 9.17) is 0 Å². The maximum atomic E-state index is 12.5. The van der Waals surface area contributed by atoms with Crippen molar-refractivity contribution in [3.63, 3.8) is 0 Å². The smallest absolute Gasteiger partial charge is 0.278 e. The molecule has 1 fully saturated rings. The second-order valence-corrected chi connectivity index (χ2v) is 7.33. The Morgan fingerprint density at radius 1 is 1.19 bits per heavy atom. The molecule has 1 aliphatic carbocycles. The van der Waals surface area contributed by atoms with E-state index in [1.165, 1.54) is 17.7 Å². The van der Waals surface area contributed by atoms with Crippen LogP contribution in [0.5, 0.6) is 0 Å². The second-order valence-electron chi connectivity index (χ2n) is 7.33. The van der Waals surface area contributed by atoms with Crippen LogP contribution < -0.4 is 4.90 Å². The van der Waals surface area contributed by atoms with Gasteiger partial charge < -0.3 is 4.90 Å². The van der Waals surface area contributed by atoms with Crippen molar-refractivity contribution in [2.24, 2.45) is 5.92 Å². The van der Waals surface area contributed by atoms with Gasteiger partial charge in [-0.3, -0.25) is 14.5 Å². The van der Waals surface area contributed by atoms with Gasteiger partial charge in [0.25, 0.3) is 5.91 Å². The third kappa shape index (κ3) is 3.41. The summed E-state index contributed by atoms with van der Waals surface area (Å²) in [6, 6.07) is 0. The summed E-state index contributed by atoms with van der Waals surface area (Å²) in [4.78, 5) is 37.5. The number of carbonyl (C=O) groups is 2. The number of fused-ring (bicyclic) bond motifs is 1. The molecule has 2 aliphatic rings. The van der Waals surface area contributed by atoms with Crippen LogP contribution in [0.3, 0.4) is 0 Å². The van der Waals surface area contributed by atoms with Crippen LogP contribution in [0.25, 0.3) is 0 Å². The number of aryl methyl sites for hydroxylation is 2. The number of nitrogens with zero attached hydrogens (tertiary/aromatic N) is 6. The van der Waals surface area contributed by atoms with Crippen molar-refractivity contribution < 1.29 is 14.2 Å². The summed E-state index contributed by atoms with van der Waals surface area (Å²) in [5, 5.41) is 7.30. The van der Waals surface area contributed by atoms with Crippen LogP contribution in [0, 0.1) is 19.8 Å². The average molecular weight is 370 g/mol. The first-order chi connectivity index (χ1) is 12.9. The fraction of sp³-hybridized carbons (Fsp3) is 0.556. The molecular formula is C18H22N6O3. The summed E-state index contributed by atoms with van der Waals surface area (Å²) in [5.74, 6) is 1.60. The number of aromatic nitrogens is 4. The first-order valence-corrected chi connectivity index (χ1v) is 9.15. The fourth-order valence-corrected chi connectivity index (χ4v) is 3.35. The predicted octanol–water partition coefficient (Wildman–Crippen LogP) is 1.44. The Kier molecular flexibility index (Phi) is 4.37. The zero-order valence-electron chi connectivity index (χ0n) is 15.7. The number of rotatable bonds is 5. The molecule has 3 heterocycles. The van der Waals surface area contributed by atoms with Gasteiger partial charge in [-0.05, 0) is 44.2 Å². The lowest BCUT2D eigenvalue weighted by atomic mass is 10.0. The van der Waals surface area contributed by atoms with E-state index < -0.39 is 0 Å². The first kappa shape index (κ1) is 17.6. The Balaban J connectivity index is 1.59. The molecule has 2 aromatic rings. The van der Waals surface area contributed by atoms with Crippen molar-refractivity contribution in [2.45, 2.75) is 46.1 Å². The van der Waals surface area contributed by atoms with Gasteiger partial charge in [-0.15, -0.1) is 0 Å². The summed E-state index contributed by atoms with van der Waals surface area (Å²) in [7, 11) is 1.65. The second kappa shape index (κ2) is 6.71. The molecule has 0 radical (unpaired) electrons. The van der Waals surface area contributed by atoms with Gasteiger partial charge in [0.15, 0.2) is 5.69 Å². The highest BCUT2D eigenvalue weighted by Crippen LogP contribution is 2.35. The van der Waals surface area contributed by atoms with E-state index in [2.05, 4.69) is 24.9 Å². The predicted molar refractivity (Wildman–Crippen MR) is 95.0 cm³/mol. The number of carbonyl (C=O) groups excluding carboxylic acids is 2. The van der Waals surface area contributed by atoms with Crippen LogP contribution in [0.1, 0.15) is 52.5 Å². The molecule has 0 N–H and O–H groups in total. The Morgan fingerprint density at radius 2 is 1.96 bits per heavy atom. The normalized spacial score (nSPS) is 16.4. The Labute approximate surface area is 156 Å². The highest BCUT2D eigenvalue weighted by molar-refractivity contribution is 5.95. The molecule has 1 saturated carbocycles. The van der Waals surface area contributed by atoms with Crippen molar-refractivity contribution in [3.8, 4) is 0 Å². The van der Waals surface area contributed by atoms with E-state index in [0.29, 0.717) is 36.1 Å². The minimum Gasteiger partial charge on any atom is -0.333 e. The van der Waals surface area contributed by atoms with E-state index in [-0.39, 0.29) is 24.1 Å². The standard InChI is InChI=1S/C18H22N6O3/c1-10-13-6-7-15(25)24(8-12-4-5-12)17(13)20-14(19-10)9-23(3)18(26)16-11(2)21-27-22-16/h12H,4-9H2,1-3H3. The zero-order chi connectivity index (χ0) is 19.1. The molecule has 0 spiro atoms. The van der Waals surface area contributed by atoms with Crippen molar-refractivity contribution in [1.29, 1.82) is 0 Å². The molecule has 142 valence electrons. The number of amides is 2. The first-order valence-electron chi connectivity index (χ1n) is 9.15. The van der Waals surface area contributed by atoms with Gasteiger partial charge in [-0.1, -0.05) is 5.16 Å². The monoisotopic (exact) mass is 370 g/mol. The topological polar surface area (TPSA) is 105 Å². The van der Waals surface area contributed by atoms with Crippen molar-refractivity contribution in [3.05, 3.63) is 28.5 Å². The molecule has 2 aromatic heterocycles. The molecule has 9 heteroatoms. The highest BCUT2D eigenvalue weighted by atomic mass is 16.6. The average Bonchev–Trinajstić information content (AvgIpc) is 3.35. The largest absolute Gasteiger partial charge is 0.333 e. The molecule has 0 aromatic carbocycles. The minimum atomic E-state index is -0.307. The van der Waals surface area contributed by atoms with E-state index in [1.807, 2.05) is 11.8 Å². The van der Waals surface area contributed by atoms with Gasteiger partial charge in [-0.2, -0.15) is 0 Å². The summed E-state index contributed by atoms with van der Waals surface area (Å²) in [5.41, 5.74) is 2.52. The fourth-order valence-electron chi connectivity index (χ4n) is 3.35. The third-order valence-electron chi connectivity index (χ3n) is 5.10. The lowest BCUT2D eigenvalue weighted by Crippen LogP contribution is -2.38. The summed E-state index contributed by atoms with van der Waals surface area (Å²) < 4.78 is 4.61. The Hall–Kier alpha value is -2.84. The molecule has 9 nitrogen and oxygen atoms in total. The van der Waals surface area contributed by atoms with Crippen LogP contribution in [-0.2, 0) is 17.8 Å². The van der Waals surface area contributed by atoms with Crippen molar-refractivity contribution >= 4 is 17.6 Å². The third-order valence-corrected chi connectivity index (χ3v) is 5.10. The molecule has 27 heavy (non-hydrogen) atoms. The molecule has 2 amide bonds. The summed E-state index contributed by atoms with van der Waals surface area (Å²) in [6.45, 7) is 4.53. The molecule has 1 aliphatic heterocycles. The lowest BCUT2D eigenvalue weighted by molar-refractivity contribution is -0.119. The zero-order valence-corrected chi connectivity index (χ0v) is 15.7. The number of hydrogen-bond acceptors (Lipinski definition) is 7. The van der Waals surface area contributed by atoms with E-state index in [9.17, 15) is 9.59 Å². The van der Waals surface area contributed by atoms with Gasteiger partial charge in [0.05, 0.1) is 6.54 Å². The van der Waals surface area contributed by atoms with Crippen LogP contribution in [0.2, 0.25) is 0 Å². The van der Waals surface area contributed by atoms with Crippen molar-refractivity contribution in [1.82, 2.24) is 25.2 Å². The van der Waals surface area contributed by atoms with E-state index >= 15 is 0 Å². The summed E-state index contributed by atoms with van der Waals surface area (Å²) in [6.07, 6.45) is 3.50. The van der Waals surface area contributed by atoms with Gasteiger partial charge in [0.1, 0.15) is 17.3 Å². The van der Waals surface area contributed by atoms with Crippen LogP contribution in [-0.4, -0.2) is 50.6 Å². The van der Waals surface area contributed by atoms with Gasteiger partial charge in [-0.25, -0.2) is 14.6 Å². The summed E-state index contributed by atoms with van der Waals surface area (Å²) >= 11 is 0. The van der Waals surface area contributed by atoms with Gasteiger partial charge in [0, 0.05) is 31.3 Å². The van der Waals surface area contributed by atoms with Crippen molar-refractivity contribution in [2.75, 3.05) is 18.5 Å². The lowest BCUT2D eigenvalue weighted by Gasteiger charge is -2.29. The van der Waals surface area contributed by atoms with Crippen LogP contribution in [0.15, 0.2) is 4.63 Å². The molecule has 0 atom stereocenters. The van der Waals surface area contributed by atoms with Crippen LogP contribution in [0.4, 0.5) is 5.82 Å². The van der Waals surface area contributed by atoms with Gasteiger partial charge in [0.2, 0.25) is 5.91 Å². The molecule has 0 bridgehead atoms. The van der Waals surface area contributed by atoms with E-state index in [1.54, 1.807) is 14.0 Å². The molecule has 0 unspecified atom stereocenters. The Bertz CT molecular complexity index is 904. The highest BCUT2D eigenvalue weighted by Gasteiger charge is 2.33. The number of anilines is 1. The number of hydrogen-bond donors (Lipinski definition) is 0. The van der Waals surface area contributed by atoms with E-state index in [0.717, 1.165) is 17.8 Å². The maximum Gasteiger partial charge on any atom is 0.278 e. The quantitative estimate of drug-likeness (QED) is 0.784. The maximum absolute atomic E-state index is 12.5. The van der Waals surface area contributed by atoms with Crippen LogP contribution >= 0.6 is 0 Å². The SMILES string of the molecule is Cc1nonc1C(=O)N(C)Cc1nc(C)c2c(n1)N(CC1CC1)C(=O)CC2. The Morgan fingerprint density at radius 3 is 2.63 bits per heavy atom. The molecule has 0 saturated heterocycles. The molecular weight excluding hydrogens is 348 g/mol. The molecule has 4 rings (SSSR count). The van der Waals surface area contributed by atoms with Gasteiger partial charge >= 0.3 is 0 Å². The minimum absolute atomic E-state index is 0.118.